The van der Waals surface area contributed by atoms with Crippen LogP contribution in [-0.4, -0.2) is 12.6 Å². The number of nitrogens with one attached hydrogen (secondary N) is 1. The van der Waals surface area contributed by atoms with Gasteiger partial charge in [0.15, 0.2) is 0 Å². The van der Waals surface area contributed by atoms with E-state index in [2.05, 4.69) is 50.4 Å². The van der Waals surface area contributed by atoms with Crippen LogP contribution in [0.2, 0.25) is 0 Å². The number of benzene rings is 1. The zero-order chi connectivity index (χ0) is 13.7. The summed E-state index contributed by atoms with van der Waals surface area (Å²) in [6.07, 6.45) is 5.71. The first-order valence-electron chi connectivity index (χ1n) is 7.70. The number of ether oxygens (including phenoxy) is 1. The highest BCUT2D eigenvalue weighted by Gasteiger charge is 2.25. The summed E-state index contributed by atoms with van der Waals surface area (Å²) in [5.74, 6) is 1.78. The lowest BCUT2D eigenvalue weighted by molar-refractivity contribution is 0.241. The Morgan fingerprint density at radius 3 is 2.63 bits per heavy atom. The summed E-state index contributed by atoms with van der Waals surface area (Å²) in [7, 11) is 0. The molecule has 0 spiro atoms. The number of hydrogen-bond donors (Lipinski definition) is 1. The topological polar surface area (TPSA) is 21.3 Å². The van der Waals surface area contributed by atoms with Gasteiger partial charge in [-0.3, -0.25) is 0 Å². The lowest BCUT2D eigenvalue weighted by atomic mass is 9.91. The monoisotopic (exact) mass is 261 g/mol. The van der Waals surface area contributed by atoms with E-state index in [1.165, 1.54) is 31.2 Å². The molecule has 0 aromatic heterocycles. The molecule has 2 rings (SSSR count). The van der Waals surface area contributed by atoms with E-state index in [9.17, 15) is 0 Å². The Balaban J connectivity index is 2.15. The summed E-state index contributed by atoms with van der Waals surface area (Å²) in [4.78, 5) is 0. The van der Waals surface area contributed by atoms with E-state index < -0.39 is 0 Å². The van der Waals surface area contributed by atoms with Gasteiger partial charge < -0.3 is 10.1 Å². The molecular formula is C17H27NO. The molecule has 2 nitrogen and oxygen atoms in total. The van der Waals surface area contributed by atoms with Crippen LogP contribution < -0.4 is 10.1 Å². The van der Waals surface area contributed by atoms with Crippen molar-refractivity contribution in [2.45, 2.75) is 58.6 Å². The van der Waals surface area contributed by atoms with Gasteiger partial charge in [0.1, 0.15) is 5.75 Å². The van der Waals surface area contributed by atoms with E-state index in [-0.39, 0.29) is 6.10 Å². The third-order valence-electron chi connectivity index (χ3n) is 3.88. The quantitative estimate of drug-likeness (QED) is 0.823. The van der Waals surface area contributed by atoms with Crippen LogP contribution >= 0.6 is 0 Å². The summed E-state index contributed by atoms with van der Waals surface area (Å²) in [6, 6.07) is 9.11. The van der Waals surface area contributed by atoms with Crippen molar-refractivity contribution in [3.05, 3.63) is 29.8 Å². The van der Waals surface area contributed by atoms with Gasteiger partial charge >= 0.3 is 0 Å². The van der Waals surface area contributed by atoms with E-state index >= 15 is 0 Å². The Labute approximate surface area is 117 Å². The molecule has 0 saturated heterocycles. The van der Waals surface area contributed by atoms with Crippen LogP contribution in [0.15, 0.2) is 24.3 Å². The van der Waals surface area contributed by atoms with Crippen LogP contribution in [0.5, 0.6) is 5.75 Å². The molecular weight excluding hydrogens is 234 g/mol. The first-order valence-corrected chi connectivity index (χ1v) is 7.70. The minimum Gasteiger partial charge on any atom is -0.491 e. The highest BCUT2D eigenvalue weighted by Crippen LogP contribution is 2.36. The van der Waals surface area contributed by atoms with E-state index in [1.54, 1.807) is 0 Å². The fraction of sp³-hybridized carbons (Fsp3) is 0.647. The van der Waals surface area contributed by atoms with E-state index in [0.29, 0.717) is 6.04 Å². The number of rotatable bonds is 6. The van der Waals surface area contributed by atoms with Crippen LogP contribution in [0.1, 0.15) is 58.1 Å². The van der Waals surface area contributed by atoms with Crippen LogP contribution in [0.4, 0.5) is 0 Å². The van der Waals surface area contributed by atoms with Gasteiger partial charge in [-0.2, -0.15) is 0 Å². The third kappa shape index (κ3) is 3.97. The van der Waals surface area contributed by atoms with Gasteiger partial charge in [0.25, 0.3) is 0 Å². The highest BCUT2D eigenvalue weighted by molar-refractivity contribution is 5.31. The summed E-state index contributed by atoms with van der Waals surface area (Å²) < 4.78 is 5.82. The predicted molar refractivity (Wildman–Crippen MR) is 80.6 cm³/mol. The SMILES string of the molecule is CCNC(c1cccc(OC(C)C)c1)C1CCCC1. The highest BCUT2D eigenvalue weighted by atomic mass is 16.5. The molecule has 0 radical (unpaired) electrons. The summed E-state index contributed by atoms with van der Waals surface area (Å²) >= 11 is 0. The van der Waals surface area contributed by atoms with Gasteiger partial charge in [0.2, 0.25) is 0 Å². The Bertz CT molecular complexity index is 383. The van der Waals surface area contributed by atoms with E-state index in [4.69, 9.17) is 4.74 Å². The maximum atomic E-state index is 5.82. The average molecular weight is 261 g/mol. The lowest BCUT2D eigenvalue weighted by Gasteiger charge is -2.25. The second-order valence-electron chi connectivity index (χ2n) is 5.82. The minimum atomic E-state index is 0.235. The molecule has 0 aliphatic heterocycles. The molecule has 2 heteroatoms. The van der Waals surface area contributed by atoms with Crippen molar-refractivity contribution >= 4 is 0 Å². The first kappa shape index (κ1) is 14.4. The summed E-state index contributed by atoms with van der Waals surface area (Å²) in [5.41, 5.74) is 1.38. The van der Waals surface area contributed by atoms with Crippen molar-refractivity contribution in [3.8, 4) is 5.75 Å². The molecule has 0 heterocycles. The molecule has 1 unspecified atom stereocenters. The first-order chi connectivity index (χ1) is 9.20. The molecule has 19 heavy (non-hydrogen) atoms. The molecule has 1 N–H and O–H groups in total. The maximum absolute atomic E-state index is 5.82. The fourth-order valence-corrected chi connectivity index (χ4v) is 3.12. The molecule has 0 bridgehead atoms. The van der Waals surface area contributed by atoms with Gasteiger partial charge in [-0.1, -0.05) is 31.9 Å². The standard InChI is InChI=1S/C17H27NO/c1-4-18-17(14-8-5-6-9-14)15-10-7-11-16(12-15)19-13(2)3/h7,10-14,17-18H,4-6,8-9H2,1-3H3. The Hall–Kier alpha value is -1.02. The van der Waals surface area contributed by atoms with Crippen molar-refractivity contribution in [1.82, 2.24) is 5.32 Å². The van der Waals surface area contributed by atoms with Gasteiger partial charge in [0.05, 0.1) is 6.10 Å². The Kier molecular flexibility index (Phi) is 5.26. The smallest absolute Gasteiger partial charge is 0.120 e. The zero-order valence-corrected chi connectivity index (χ0v) is 12.5. The van der Waals surface area contributed by atoms with E-state index in [0.717, 1.165) is 18.2 Å². The fourth-order valence-electron chi connectivity index (χ4n) is 3.12. The van der Waals surface area contributed by atoms with Gasteiger partial charge in [-0.15, -0.1) is 0 Å². The molecule has 1 aliphatic rings. The van der Waals surface area contributed by atoms with Crippen LogP contribution in [-0.2, 0) is 0 Å². The third-order valence-corrected chi connectivity index (χ3v) is 3.88. The average Bonchev–Trinajstić information content (AvgIpc) is 2.89. The van der Waals surface area contributed by atoms with Crippen LogP contribution in [0, 0.1) is 5.92 Å². The molecule has 1 aromatic carbocycles. The predicted octanol–water partition coefficient (Wildman–Crippen LogP) is 4.31. The normalized spacial score (nSPS) is 17.9. The Morgan fingerprint density at radius 2 is 2.00 bits per heavy atom. The van der Waals surface area contributed by atoms with Crippen LogP contribution in [0.3, 0.4) is 0 Å². The van der Waals surface area contributed by atoms with Crippen molar-refractivity contribution in [1.29, 1.82) is 0 Å². The zero-order valence-electron chi connectivity index (χ0n) is 12.5. The van der Waals surface area contributed by atoms with Crippen LogP contribution in [0.25, 0.3) is 0 Å². The lowest BCUT2D eigenvalue weighted by Crippen LogP contribution is -2.27. The molecule has 1 fully saturated rings. The van der Waals surface area contributed by atoms with Gasteiger partial charge in [-0.25, -0.2) is 0 Å². The second kappa shape index (κ2) is 6.95. The minimum absolute atomic E-state index is 0.235. The molecule has 1 saturated carbocycles. The van der Waals surface area contributed by atoms with Crippen molar-refractivity contribution in [2.75, 3.05) is 6.54 Å². The summed E-state index contributed by atoms with van der Waals surface area (Å²) in [5, 5.41) is 3.67. The molecule has 1 aromatic rings. The van der Waals surface area contributed by atoms with Crippen molar-refractivity contribution in [2.24, 2.45) is 5.92 Å². The maximum Gasteiger partial charge on any atom is 0.120 e. The second-order valence-corrected chi connectivity index (χ2v) is 5.82. The number of hydrogen-bond acceptors (Lipinski definition) is 2. The van der Waals surface area contributed by atoms with E-state index in [1.807, 2.05) is 0 Å². The van der Waals surface area contributed by atoms with Crippen molar-refractivity contribution in [3.63, 3.8) is 0 Å². The van der Waals surface area contributed by atoms with Crippen molar-refractivity contribution < 1.29 is 4.74 Å². The Morgan fingerprint density at radius 1 is 1.26 bits per heavy atom. The van der Waals surface area contributed by atoms with Gasteiger partial charge in [-0.05, 0) is 56.8 Å². The summed E-state index contributed by atoms with van der Waals surface area (Å²) in [6.45, 7) is 7.36. The molecule has 0 amide bonds. The molecule has 1 aliphatic carbocycles. The van der Waals surface area contributed by atoms with Gasteiger partial charge in [0, 0.05) is 6.04 Å². The molecule has 1 atom stereocenters. The largest absolute Gasteiger partial charge is 0.491 e. The molecule has 106 valence electrons.